The maximum atomic E-state index is 13.7. The molecule has 0 fully saturated rings. The van der Waals surface area contributed by atoms with Crippen LogP contribution in [-0.2, 0) is 19.1 Å². The van der Waals surface area contributed by atoms with Gasteiger partial charge < -0.3 is 19.5 Å². The van der Waals surface area contributed by atoms with Gasteiger partial charge >= 0.3 is 18.0 Å². The van der Waals surface area contributed by atoms with Crippen molar-refractivity contribution in [2.75, 3.05) is 31.5 Å². The number of rotatable bonds is 4. The molecule has 4 rings (SSSR count). The van der Waals surface area contributed by atoms with Crippen molar-refractivity contribution in [1.82, 2.24) is 0 Å². The summed E-state index contributed by atoms with van der Waals surface area (Å²) in [7, 11) is 4.00. The summed E-state index contributed by atoms with van der Waals surface area (Å²) in [6.45, 7) is 3.63. The molecule has 2 amide bonds. The van der Waals surface area contributed by atoms with Crippen LogP contribution >= 0.6 is 58.9 Å². The minimum absolute atomic E-state index is 0.0988. The van der Waals surface area contributed by atoms with Gasteiger partial charge in [-0.25, -0.2) is 14.4 Å². The molecule has 2 aromatic carbocycles. The van der Waals surface area contributed by atoms with Gasteiger partial charge in [-0.05, 0) is 50.2 Å². The molecular weight excluding hydrogens is 603 g/mol. The molecule has 0 radical (unpaired) electrons. The van der Waals surface area contributed by atoms with Gasteiger partial charge in [0.2, 0.25) is 0 Å². The molecule has 0 saturated carbocycles. The van der Waals surface area contributed by atoms with Crippen LogP contribution in [0, 0.1) is 0 Å². The molecule has 8 nitrogen and oxygen atoms in total. The number of methoxy groups -OCH3 is 3. The summed E-state index contributed by atoms with van der Waals surface area (Å²) in [5.74, 6) is -0.808. The summed E-state index contributed by atoms with van der Waals surface area (Å²) in [6, 6.07) is 9.58. The van der Waals surface area contributed by atoms with Gasteiger partial charge in [-0.2, -0.15) is 0 Å². The third kappa shape index (κ3) is 5.38. The number of carbonyl (C=O) groups is 3. The van der Waals surface area contributed by atoms with Gasteiger partial charge in [-0.3, -0.25) is 4.90 Å². The molecule has 0 saturated heterocycles. The van der Waals surface area contributed by atoms with Gasteiger partial charge in [0.05, 0.1) is 51.7 Å². The van der Waals surface area contributed by atoms with E-state index in [1.165, 1.54) is 21.3 Å². The maximum absolute atomic E-state index is 13.7. The predicted octanol–water partition coefficient (Wildman–Crippen LogP) is 6.91. The number of hydrogen-bond donors (Lipinski definition) is 1. The van der Waals surface area contributed by atoms with Crippen LogP contribution < -0.4 is 15.0 Å². The number of esters is 2. The van der Waals surface area contributed by atoms with Crippen molar-refractivity contribution >= 4 is 98.7 Å². The Kier molecular flexibility index (Phi) is 8.58. The highest BCUT2D eigenvalue weighted by molar-refractivity contribution is 8.29. The van der Waals surface area contributed by atoms with Crippen LogP contribution in [0.4, 0.5) is 16.2 Å². The maximum Gasteiger partial charge on any atom is 0.346 e. The molecule has 204 valence electrons. The van der Waals surface area contributed by atoms with E-state index in [1.54, 1.807) is 41.3 Å². The second kappa shape index (κ2) is 11.4. The van der Waals surface area contributed by atoms with E-state index in [-0.39, 0.29) is 9.81 Å². The Balaban J connectivity index is 1.86. The molecule has 0 spiro atoms. The summed E-state index contributed by atoms with van der Waals surface area (Å²) in [5.41, 5.74) is 1.17. The lowest BCUT2D eigenvalue weighted by Gasteiger charge is -2.45. The van der Waals surface area contributed by atoms with Crippen LogP contribution in [-0.4, -0.2) is 49.7 Å². The van der Waals surface area contributed by atoms with E-state index in [1.807, 2.05) is 13.8 Å². The number of thiocarbonyl (C=S) groups is 1. The largest absolute Gasteiger partial charge is 0.497 e. The average Bonchev–Trinajstić information content (AvgIpc) is 3.35. The summed E-state index contributed by atoms with van der Waals surface area (Å²) < 4.78 is 15.8. The van der Waals surface area contributed by atoms with E-state index in [9.17, 15) is 14.4 Å². The highest BCUT2D eigenvalue weighted by atomic mass is 35.5. The van der Waals surface area contributed by atoms with E-state index >= 15 is 0 Å². The zero-order chi connectivity index (χ0) is 28.6. The topological polar surface area (TPSA) is 94.2 Å². The lowest BCUT2D eigenvalue weighted by atomic mass is 9.83. The number of hydrogen-bond acceptors (Lipinski definition) is 9. The number of anilines is 2. The molecule has 39 heavy (non-hydrogen) atoms. The summed E-state index contributed by atoms with van der Waals surface area (Å²) in [4.78, 5) is 40.9. The molecule has 0 atom stereocenters. The number of nitrogens with zero attached hydrogens (tertiary/aromatic N) is 1. The van der Waals surface area contributed by atoms with Crippen LogP contribution in [0.5, 0.6) is 5.75 Å². The first-order valence-electron chi connectivity index (χ1n) is 11.2. The van der Waals surface area contributed by atoms with Crippen molar-refractivity contribution in [2.45, 2.75) is 19.4 Å². The highest BCUT2D eigenvalue weighted by Gasteiger charge is 2.46. The number of fused-ring (bicyclic) bond motifs is 1. The lowest BCUT2D eigenvalue weighted by molar-refractivity contribution is -0.138. The molecule has 0 aliphatic carbocycles. The van der Waals surface area contributed by atoms with E-state index in [0.29, 0.717) is 47.4 Å². The number of carbonyl (C=O) groups excluding carboxylic acids is 3. The number of thioether (sulfide) groups is 2. The molecule has 0 bridgehead atoms. The Labute approximate surface area is 249 Å². The average molecular weight is 626 g/mol. The Morgan fingerprint density at radius 1 is 0.923 bits per heavy atom. The molecule has 2 heterocycles. The number of benzene rings is 2. The van der Waals surface area contributed by atoms with Gasteiger partial charge in [0, 0.05) is 16.8 Å². The quantitative estimate of drug-likeness (QED) is 0.221. The van der Waals surface area contributed by atoms with Crippen molar-refractivity contribution in [1.29, 1.82) is 0 Å². The number of nitrogens with one attached hydrogen (secondary N) is 1. The monoisotopic (exact) mass is 624 g/mol. The fraction of sp³-hybridized carbons (Fsp3) is 0.231. The number of halogens is 2. The zero-order valence-corrected chi connectivity index (χ0v) is 25.3. The summed E-state index contributed by atoms with van der Waals surface area (Å²) >= 11 is 20.3. The number of urea groups is 1. The van der Waals surface area contributed by atoms with Crippen LogP contribution in [0.2, 0.25) is 10.0 Å². The van der Waals surface area contributed by atoms with Crippen molar-refractivity contribution in [2.24, 2.45) is 0 Å². The number of ether oxygens (including phenoxy) is 3. The van der Waals surface area contributed by atoms with Crippen LogP contribution in [0.3, 0.4) is 0 Å². The summed E-state index contributed by atoms with van der Waals surface area (Å²) in [5, 5.41) is 3.52. The second-order valence-electron chi connectivity index (χ2n) is 8.67. The second-order valence-corrected chi connectivity index (χ2v) is 12.2. The molecule has 13 heteroatoms. The lowest BCUT2D eigenvalue weighted by Crippen LogP contribution is -2.57. The van der Waals surface area contributed by atoms with Gasteiger partial charge in [0.15, 0.2) is 0 Å². The van der Waals surface area contributed by atoms with E-state index < -0.39 is 23.5 Å². The highest BCUT2D eigenvalue weighted by Crippen LogP contribution is 2.56. The van der Waals surface area contributed by atoms with Gasteiger partial charge in [-0.15, -0.1) is 0 Å². The Morgan fingerprint density at radius 3 is 2.08 bits per heavy atom. The normalized spacial score (nSPS) is 16.2. The molecule has 2 aliphatic heterocycles. The smallest absolute Gasteiger partial charge is 0.346 e. The summed E-state index contributed by atoms with van der Waals surface area (Å²) in [6.07, 6.45) is 0. The SMILES string of the molecule is COC(=O)C1=C(C(=O)OC)SC(=C2C(=S)C(C)(C)N(C(=O)Nc3ccc(Cl)c(Cl)c3)c3ccc(OC)cc32)S1. The first-order chi connectivity index (χ1) is 18.4. The molecule has 1 N–H and O–H groups in total. The Bertz CT molecular complexity index is 1460. The zero-order valence-electron chi connectivity index (χ0n) is 21.3. The van der Waals surface area contributed by atoms with Crippen molar-refractivity contribution < 1.29 is 28.6 Å². The molecule has 0 unspecified atom stereocenters. The molecular formula is C26H22Cl2N2O6S3. The van der Waals surface area contributed by atoms with Gasteiger partial charge in [0.25, 0.3) is 0 Å². The fourth-order valence-corrected chi connectivity index (χ4v) is 7.37. The van der Waals surface area contributed by atoms with E-state index in [0.717, 1.165) is 23.5 Å². The van der Waals surface area contributed by atoms with Crippen LogP contribution in [0.25, 0.3) is 5.57 Å². The fourth-order valence-electron chi connectivity index (χ4n) is 4.04. The molecule has 2 aliphatic rings. The van der Waals surface area contributed by atoms with Crippen molar-refractivity contribution in [3.05, 3.63) is 66.1 Å². The van der Waals surface area contributed by atoms with Crippen molar-refractivity contribution in [3.63, 3.8) is 0 Å². The third-order valence-electron chi connectivity index (χ3n) is 5.97. The Hall–Kier alpha value is -2.70. The van der Waals surface area contributed by atoms with Gasteiger partial charge in [-0.1, -0.05) is 58.9 Å². The first-order valence-corrected chi connectivity index (χ1v) is 14.0. The van der Waals surface area contributed by atoms with Gasteiger partial charge in [0.1, 0.15) is 15.6 Å². The van der Waals surface area contributed by atoms with Crippen molar-refractivity contribution in [3.8, 4) is 5.75 Å². The van der Waals surface area contributed by atoms with E-state index in [2.05, 4.69) is 5.32 Å². The van der Waals surface area contributed by atoms with E-state index in [4.69, 9.17) is 49.6 Å². The minimum atomic E-state index is -1.01. The van der Waals surface area contributed by atoms with Crippen LogP contribution in [0.1, 0.15) is 19.4 Å². The predicted molar refractivity (Wildman–Crippen MR) is 161 cm³/mol. The molecule has 0 aromatic heterocycles. The standard InChI is InChI=1S/C26H22Cl2N2O6S3/c1-26(2)21(37)18(24-38-19(22(31)35-4)20(39-24)23(32)36-5)14-11-13(34-3)7-9-17(14)30(26)25(33)29-12-6-8-15(27)16(28)10-12/h6-11H,1-5H3,(H,29,33). The van der Waals surface area contributed by atoms with Crippen LogP contribution in [0.15, 0.2) is 50.4 Å². The number of amides is 2. The minimum Gasteiger partial charge on any atom is -0.497 e. The first kappa shape index (κ1) is 29.3. The Morgan fingerprint density at radius 2 is 1.54 bits per heavy atom. The third-order valence-corrected chi connectivity index (χ3v) is 9.97. The molecule has 2 aromatic rings.